The monoisotopic (exact) mass is 158 g/mol. The second-order valence-electron chi connectivity index (χ2n) is 2.10. The molecular formula is C8H14O3. The van der Waals surface area contributed by atoms with Crippen LogP contribution in [0.1, 0.15) is 20.3 Å². The van der Waals surface area contributed by atoms with E-state index in [0.717, 1.165) is 0 Å². The lowest BCUT2D eigenvalue weighted by Gasteiger charge is -2.03. The predicted octanol–water partition coefficient (Wildman–Crippen LogP) is 0.877. The molecule has 0 aromatic heterocycles. The summed E-state index contributed by atoms with van der Waals surface area (Å²) in [5.41, 5.74) is 0. The van der Waals surface area contributed by atoms with Gasteiger partial charge in [0.25, 0.3) is 0 Å². The van der Waals surface area contributed by atoms with Crippen LogP contribution in [0.25, 0.3) is 0 Å². The Morgan fingerprint density at radius 1 is 1.73 bits per heavy atom. The van der Waals surface area contributed by atoms with Gasteiger partial charge >= 0.3 is 5.97 Å². The normalized spacial score (nSPS) is 13.4. The minimum Gasteiger partial charge on any atom is -0.466 e. The van der Waals surface area contributed by atoms with Crippen LogP contribution in [0.2, 0.25) is 0 Å². The molecule has 0 saturated heterocycles. The smallest absolute Gasteiger partial charge is 0.308 e. The van der Waals surface area contributed by atoms with Crippen molar-refractivity contribution in [3.05, 3.63) is 12.2 Å². The molecule has 0 spiro atoms. The summed E-state index contributed by atoms with van der Waals surface area (Å²) in [4.78, 5) is 10.7. The van der Waals surface area contributed by atoms with Gasteiger partial charge in [0, 0.05) is 0 Å². The molecule has 0 heterocycles. The highest BCUT2D eigenvalue weighted by molar-refractivity contribution is 5.70. The van der Waals surface area contributed by atoms with Crippen molar-refractivity contribution in [2.24, 2.45) is 0 Å². The third kappa shape index (κ3) is 5.61. The van der Waals surface area contributed by atoms with E-state index in [-0.39, 0.29) is 12.4 Å². The van der Waals surface area contributed by atoms with Gasteiger partial charge in [0.2, 0.25) is 0 Å². The summed E-state index contributed by atoms with van der Waals surface area (Å²) in [5, 5.41) is 9.06. The lowest BCUT2D eigenvalue weighted by Crippen LogP contribution is -2.13. The zero-order valence-electron chi connectivity index (χ0n) is 6.91. The minimum absolute atomic E-state index is 0.0399. The molecule has 1 unspecified atom stereocenters. The van der Waals surface area contributed by atoms with Gasteiger partial charge < -0.3 is 9.84 Å². The van der Waals surface area contributed by atoms with Gasteiger partial charge in [0.1, 0.15) is 0 Å². The number of allylic oxidation sites excluding steroid dienone is 1. The Hall–Kier alpha value is -0.830. The Kier molecular flexibility index (Phi) is 5.47. The lowest BCUT2D eigenvalue weighted by molar-refractivity contribution is -0.144. The maximum atomic E-state index is 10.7. The van der Waals surface area contributed by atoms with Gasteiger partial charge in [-0.25, -0.2) is 0 Å². The Balaban J connectivity index is 3.57. The van der Waals surface area contributed by atoms with E-state index < -0.39 is 6.10 Å². The largest absolute Gasteiger partial charge is 0.466 e. The molecule has 3 heteroatoms. The molecule has 0 fully saturated rings. The van der Waals surface area contributed by atoms with Gasteiger partial charge in [0.05, 0.1) is 19.1 Å². The second-order valence-corrected chi connectivity index (χ2v) is 2.10. The first-order valence-electron chi connectivity index (χ1n) is 3.67. The first-order valence-corrected chi connectivity index (χ1v) is 3.67. The van der Waals surface area contributed by atoms with E-state index in [1.165, 1.54) is 0 Å². The molecule has 0 aliphatic heterocycles. The van der Waals surface area contributed by atoms with E-state index in [0.29, 0.717) is 6.61 Å². The van der Waals surface area contributed by atoms with E-state index >= 15 is 0 Å². The molecule has 11 heavy (non-hydrogen) atoms. The maximum Gasteiger partial charge on any atom is 0.308 e. The quantitative estimate of drug-likeness (QED) is 0.488. The van der Waals surface area contributed by atoms with Crippen LogP contribution in [0.4, 0.5) is 0 Å². The van der Waals surface area contributed by atoms with Crippen LogP contribution in [0.15, 0.2) is 12.2 Å². The summed E-state index contributed by atoms with van der Waals surface area (Å²) in [5.74, 6) is -0.363. The van der Waals surface area contributed by atoms with Crippen molar-refractivity contribution < 1.29 is 14.6 Å². The van der Waals surface area contributed by atoms with E-state index in [1.54, 1.807) is 26.0 Å². The molecule has 3 nitrogen and oxygen atoms in total. The number of rotatable bonds is 4. The summed E-state index contributed by atoms with van der Waals surface area (Å²) in [6.45, 7) is 3.88. The van der Waals surface area contributed by atoms with Crippen molar-refractivity contribution in [2.45, 2.75) is 26.4 Å². The summed E-state index contributed by atoms with van der Waals surface area (Å²) in [7, 11) is 0. The number of hydrogen-bond donors (Lipinski definition) is 1. The van der Waals surface area contributed by atoms with Gasteiger partial charge in [-0.1, -0.05) is 12.2 Å². The average Bonchev–Trinajstić information content (AvgIpc) is 1.87. The third-order valence-corrected chi connectivity index (χ3v) is 1.10. The predicted molar refractivity (Wildman–Crippen MR) is 42.1 cm³/mol. The summed E-state index contributed by atoms with van der Waals surface area (Å²) < 4.78 is 4.63. The first kappa shape index (κ1) is 10.2. The highest BCUT2D eigenvalue weighted by Crippen LogP contribution is 1.95. The fraction of sp³-hybridized carbons (Fsp3) is 0.625. The number of aliphatic hydroxyl groups excluding tert-OH is 1. The third-order valence-electron chi connectivity index (χ3n) is 1.10. The van der Waals surface area contributed by atoms with Crippen LogP contribution in [-0.4, -0.2) is 23.8 Å². The Bertz CT molecular complexity index is 140. The fourth-order valence-electron chi connectivity index (χ4n) is 0.681. The molecule has 0 radical (unpaired) electrons. The number of esters is 1. The van der Waals surface area contributed by atoms with Crippen molar-refractivity contribution >= 4 is 5.97 Å². The molecule has 0 aliphatic rings. The van der Waals surface area contributed by atoms with Gasteiger partial charge in [-0.3, -0.25) is 4.79 Å². The van der Waals surface area contributed by atoms with Gasteiger partial charge in [0.15, 0.2) is 0 Å². The number of aliphatic hydroxyl groups is 1. The minimum atomic E-state index is -0.709. The van der Waals surface area contributed by atoms with Crippen molar-refractivity contribution in [1.82, 2.24) is 0 Å². The van der Waals surface area contributed by atoms with Crippen LogP contribution in [0, 0.1) is 0 Å². The topological polar surface area (TPSA) is 46.5 Å². The molecule has 1 atom stereocenters. The van der Waals surface area contributed by atoms with Gasteiger partial charge in [-0.05, 0) is 13.8 Å². The van der Waals surface area contributed by atoms with Crippen LogP contribution in [-0.2, 0) is 9.53 Å². The molecule has 0 aliphatic carbocycles. The Morgan fingerprint density at radius 3 is 2.82 bits per heavy atom. The standard InChI is InChI=1S/C8H14O3/c1-3-5-7(9)6-8(10)11-4-2/h3,5,7,9H,4,6H2,1-2H3. The molecular weight excluding hydrogens is 144 g/mol. The summed E-state index contributed by atoms with van der Waals surface area (Å²) >= 11 is 0. The number of ether oxygens (including phenoxy) is 1. The first-order chi connectivity index (χ1) is 5.20. The van der Waals surface area contributed by atoms with Crippen molar-refractivity contribution in [3.63, 3.8) is 0 Å². The number of carbonyl (C=O) groups excluding carboxylic acids is 1. The van der Waals surface area contributed by atoms with Gasteiger partial charge in [-0.2, -0.15) is 0 Å². The van der Waals surface area contributed by atoms with Crippen LogP contribution in [0.5, 0.6) is 0 Å². The molecule has 0 rings (SSSR count). The Labute approximate surface area is 66.7 Å². The highest BCUT2D eigenvalue weighted by atomic mass is 16.5. The number of hydrogen-bond acceptors (Lipinski definition) is 3. The van der Waals surface area contributed by atoms with Crippen molar-refractivity contribution in [1.29, 1.82) is 0 Å². The zero-order valence-corrected chi connectivity index (χ0v) is 6.91. The van der Waals surface area contributed by atoms with E-state index in [4.69, 9.17) is 5.11 Å². The molecule has 0 aromatic rings. The lowest BCUT2D eigenvalue weighted by atomic mass is 10.2. The molecule has 1 N–H and O–H groups in total. The molecule has 0 aromatic carbocycles. The average molecular weight is 158 g/mol. The van der Waals surface area contributed by atoms with Crippen molar-refractivity contribution in [3.8, 4) is 0 Å². The van der Waals surface area contributed by atoms with E-state index in [9.17, 15) is 4.79 Å². The number of carbonyl (C=O) groups is 1. The second kappa shape index (κ2) is 5.92. The molecule has 0 bridgehead atoms. The van der Waals surface area contributed by atoms with Crippen LogP contribution < -0.4 is 0 Å². The van der Waals surface area contributed by atoms with E-state index in [2.05, 4.69) is 4.74 Å². The zero-order chi connectivity index (χ0) is 8.69. The van der Waals surface area contributed by atoms with Crippen LogP contribution >= 0.6 is 0 Å². The summed E-state index contributed by atoms with van der Waals surface area (Å²) in [6, 6.07) is 0. The molecule has 0 saturated carbocycles. The van der Waals surface area contributed by atoms with Gasteiger partial charge in [-0.15, -0.1) is 0 Å². The highest BCUT2D eigenvalue weighted by Gasteiger charge is 2.06. The molecule has 64 valence electrons. The Morgan fingerprint density at radius 2 is 2.36 bits per heavy atom. The molecule has 0 amide bonds. The maximum absolute atomic E-state index is 10.7. The van der Waals surface area contributed by atoms with Crippen molar-refractivity contribution in [2.75, 3.05) is 6.61 Å². The summed E-state index contributed by atoms with van der Waals surface area (Å²) in [6.07, 6.45) is 2.58. The van der Waals surface area contributed by atoms with E-state index in [1.807, 2.05) is 0 Å². The SMILES string of the molecule is CC=CC(O)CC(=O)OCC. The van der Waals surface area contributed by atoms with Crippen LogP contribution in [0.3, 0.4) is 0 Å². The fourth-order valence-corrected chi connectivity index (χ4v) is 0.681.